The van der Waals surface area contributed by atoms with E-state index in [-0.39, 0.29) is 16.0 Å². The second-order valence-electron chi connectivity index (χ2n) is 3.80. The molecule has 0 saturated heterocycles. The number of hydrogen-bond acceptors (Lipinski definition) is 3. The van der Waals surface area contributed by atoms with E-state index in [0.717, 1.165) is 0 Å². The first-order chi connectivity index (χ1) is 7.26. The average Bonchev–Trinajstić information content (AvgIpc) is 2.15. The van der Waals surface area contributed by atoms with E-state index in [9.17, 15) is 8.42 Å². The van der Waals surface area contributed by atoms with Crippen molar-refractivity contribution in [2.75, 3.05) is 12.8 Å². The Labute approximate surface area is 101 Å². The van der Waals surface area contributed by atoms with Crippen molar-refractivity contribution in [2.45, 2.75) is 24.8 Å². The Hall–Kier alpha value is -0.780. The molecule has 0 aliphatic rings. The van der Waals surface area contributed by atoms with Crippen LogP contribution in [0.2, 0.25) is 5.02 Å². The lowest BCUT2D eigenvalue weighted by molar-refractivity contribution is 0.410. The fraction of sp³-hybridized carbons (Fsp3) is 0.400. The van der Waals surface area contributed by atoms with Crippen LogP contribution in [-0.2, 0) is 10.0 Å². The van der Waals surface area contributed by atoms with Gasteiger partial charge in [0, 0.05) is 18.8 Å². The van der Waals surface area contributed by atoms with E-state index in [0.29, 0.717) is 5.69 Å². The van der Waals surface area contributed by atoms with Gasteiger partial charge >= 0.3 is 0 Å². The summed E-state index contributed by atoms with van der Waals surface area (Å²) >= 11 is 5.88. The average molecular weight is 263 g/mol. The van der Waals surface area contributed by atoms with Gasteiger partial charge in [0.05, 0.1) is 5.02 Å². The van der Waals surface area contributed by atoms with E-state index in [4.69, 9.17) is 17.3 Å². The molecule has 2 N–H and O–H groups in total. The van der Waals surface area contributed by atoms with Crippen LogP contribution < -0.4 is 5.73 Å². The third kappa shape index (κ3) is 2.48. The number of nitrogens with zero attached hydrogens (tertiary/aromatic N) is 1. The first kappa shape index (κ1) is 13.3. The Morgan fingerprint density at radius 3 is 2.38 bits per heavy atom. The van der Waals surface area contributed by atoms with Gasteiger partial charge < -0.3 is 5.73 Å². The van der Waals surface area contributed by atoms with Crippen LogP contribution in [0, 0.1) is 0 Å². The molecule has 6 heteroatoms. The van der Waals surface area contributed by atoms with Gasteiger partial charge in [-0.3, -0.25) is 0 Å². The summed E-state index contributed by atoms with van der Waals surface area (Å²) in [4.78, 5) is 0.0829. The van der Waals surface area contributed by atoms with Crippen LogP contribution in [0.5, 0.6) is 0 Å². The summed E-state index contributed by atoms with van der Waals surface area (Å²) in [6.45, 7) is 3.59. The van der Waals surface area contributed by atoms with Gasteiger partial charge in [-0.15, -0.1) is 0 Å². The highest BCUT2D eigenvalue weighted by molar-refractivity contribution is 7.89. The fourth-order valence-electron chi connectivity index (χ4n) is 1.16. The lowest BCUT2D eigenvalue weighted by Gasteiger charge is -2.21. The number of hydrogen-bond donors (Lipinski definition) is 1. The maximum absolute atomic E-state index is 12.1. The zero-order valence-electron chi connectivity index (χ0n) is 9.44. The predicted octanol–water partition coefficient (Wildman–Crippen LogP) is 1.95. The molecule has 0 radical (unpaired) electrons. The number of nitrogen functional groups attached to an aromatic ring is 1. The summed E-state index contributed by atoms with van der Waals surface area (Å²) in [6.07, 6.45) is 0. The molecule has 1 aromatic carbocycles. The Balaban J connectivity index is 3.28. The second-order valence-corrected chi connectivity index (χ2v) is 6.18. The van der Waals surface area contributed by atoms with Crippen LogP contribution in [0.4, 0.5) is 5.69 Å². The molecular weight excluding hydrogens is 248 g/mol. The van der Waals surface area contributed by atoms with Gasteiger partial charge in [-0.05, 0) is 32.0 Å². The largest absolute Gasteiger partial charge is 0.399 e. The third-order valence-corrected chi connectivity index (χ3v) is 4.86. The summed E-state index contributed by atoms with van der Waals surface area (Å²) in [5.41, 5.74) is 5.95. The van der Waals surface area contributed by atoms with Gasteiger partial charge in [-0.2, -0.15) is 4.31 Å². The first-order valence-corrected chi connectivity index (χ1v) is 6.61. The molecule has 0 fully saturated rings. The molecular formula is C10H15ClN2O2S. The van der Waals surface area contributed by atoms with Gasteiger partial charge in [0.1, 0.15) is 4.90 Å². The molecule has 0 amide bonds. The van der Waals surface area contributed by atoms with Gasteiger partial charge in [-0.25, -0.2) is 8.42 Å². The summed E-state index contributed by atoms with van der Waals surface area (Å²) in [7, 11) is -2.02. The van der Waals surface area contributed by atoms with Gasteiger partial charge in [0.2, 0.25) is 10.0 Å². The molecule has 1 aromatic rings. The summed E-state index contributed by atoms with van der Waals surface area (Å²) < 4.78 is 25.5. The fourth-order valence-corrected chi connectivity index (χ4v) is 3.05. The zero-order chi connectivity index (χ0) is 12.5. The Kier molecular flexibility index (Phi) is 3.83. The summed E-state index contributed by atoms with van der Waals surface area (Å²) in [5.74, 6) is 0. The smallest absolute Gasteiger partial charge is 0.244 e. The monoisotopic (exact) mass is 262 g/mol. The maximum Gasteiger partial charge on any atom is 0.244 e. The van der Waals surface area contributed by atoms with Crippen molar-refractivity contribution < 1.29 is 8.42 Å². The van der Waals surface area contributed by atoms with Crippen molar-refractivity contribution in [1.29, 1.82) is 0 Å². The van der Waals surface area contributed by atoms with Gasteiger partial charge in [0.25, 0.3) is 0 Å². The second kappa shape index (κ2) is 4.61. The van der Waals surface area contributed by atoms with E-state index in [1.807, 2.05) is 0 Å². The molecule has 0 unspecified atom stereocenters. The van der Waals surface area contributed by atoms with Crippen LogP contribution in [-0.4, -0.2) is 25.8 Å². The first-order valence-electron chi connectivity index (χ1n) is 4.80. The van der Waals surface area contributed by atoms with E-state index in [1.165, 1.54) is 29.6 Å². The number of sulfonamides is 1. The van der Waals surface area contributed by atoms with Crippen molar-refractivity contribution in [2.24, 2.45) is 0 Å². The molecule has 16 heavy (non-hydrogen) atoms. The van der Waals surface area contributed by atoms with Crippen molar-refractivity contribution >= 4 is 27.3 Å². The summed E-state index contributed by atoms with van der Waals surface area (Å²) in [6, 6.07) is 4.25. The quantitative estimate of drug-likeness (QED) is 0.847. The molecule has 0 aromatic heterocycles. The normalized spacial score (nSPS) is 12.4. The highest BCUT2D eigenvalue weighted by Gasteiger charge is 2.25. The predicted molar refractivity (Wildman–Crippen MR) is 65.9 cm³/mol. The molecule has 0 aliphatic heterocycles. The van der Waals surface area contributed by atoms with Crippen molar-refractivity contribution in [3.63, 3.8) is 0 Å². The molecule has 0 atom stereocenters. The van der Waals surface area contributed by atoms with Crippen LogP contribution in [0.3, 0.4) is 0 Å². The molecule has 1 rings (SSSR count). The molecule has 0 heterocycles. The molecule has 90 valence electrons. The number of benzene rings is 1. The number of nitrogens with two attached hydrogens (primary N) is 1. The highest BCUT2D eigenvalue weighted by atomic mass is 35.5. The molecule has 4 nitrogen and oxygen atoms in total. The van der Waals surface area contributed by atoms with Crippen molar-refractivity contribution in [3.05, 3.63) is 23.2 Å². The lowest BCUT2D eigenvalue weighted by Crippen LogP contribution is -2.33. The Morgan fingerprint density at radius 2 is 1.94 bits per heavy atom. The SMILES string of the molecule is CC(C)N(C)S(=O)(=O)c1ccc(N)cc1Cl. The highest BCUT2D eigenvalue weighted by Crippen LogP contribution is 2.26. The topological polar surface area (TPSA) is 63.4 Å². The van der Waals surface area contributed by atoms with Crippen molar-refractivity contribution in [3.8, 4) is 0 Å². The minimum Gasteiger partial charge on any atom is -0.399 e. The molecule has 0 bridgehead atoms. The van der Waals surface area contributed by atoms with Crippen LogP contribution in [0.15, 0.2) is 23.1 Å². The van der Waals surface area contributed by atoms with Gasteiger partial charge in [0.15, 0.2) is 0 Å². The zero-order valence-corrected chi connectivity index (χ0v) is 11.0. The number of rotatable bonds is 3. The maximum atomic E-state index is 12.1. The Morgan fingerprint density at radius 1 is 1.38 bits per heavy atom. The van der Waals surface area contributed by atoms with E-state index >= 15 is 0 Å². The standard InChI is InChI=1S/C10H15ClN2O2S/c1-7(2)13(3)16(14,15)10-5-4-8(12)6-9(10)11/h4-7H,12H2,1-3H3. The van der Waals surface area contributed by atoms with E-state index in [2.05, 4.69) is 0 Å². The summed E-state index contributed by atoms with van der Waals surface area (Å²) in [5, 5.41) is 0.146. The number of anilines is 1. The van der Waals surface area contributed by atoms with Gasteiger partial charge in [-0.1, -0.05) is 11.6 Å². The van der Waals surface area contributed by atoms with Crippen LogP contribution in [0.25, 0.3) is 0 Å². The molecule has 0 saturated carbocycles. The van der Waals surface area contributed by atoms with E-state index < -0.39 is 10.0 Å². The van der Waals surface area contributed by atoms with Crippen molar-refractivity contribution in [1.82, 2.24) is 4.31 Å². The number of halogens is 1. The molecule has 0 spiro atoms. The van der Waals surface area contributed by atoms with E-state index in [1.54, 1.807) is 13.8 Å². The minimum absolute atomic E-state index is 0.0829. The van der Waals surface area contributed by atoms with Crippen LogP contribution >= 0.6 is 11.6 Å². The minimum atomic E-state index is -3.54. The lowest BCUT2D eigenvalue weighted by atomic mass is 10.3. The molecule has 0 aliphatic carbocycles. The van der Waals surface area contributed by atoms with Crippen LogP contribution in [0.1, 0.15) is 13.8 Å². The third-order valence-electron chi connectivity index (χ3n) is 2.34. The Bertz CT molecular complexity index is 486.